The van der Waals surface area contributed by atoms with E-state index in [0.717, 1.165) is 26.9 Å². The Morgan fingerprint density at radius 3 is 2.48 bits per heavy atom. The summed E-state index contributed by atoms with van der Waals surface area (Å²) < 4.78 is 3.25. The first-order valence-corrected chi connectivity index (χ1v) is 7.85. The fourth-order valence-corrected chi connectivity index (χ4v) is 3.01. The van der Waals surface area contributed by atoms with Gasteiger partial charge in [-0.1, -0.05) is 46.3 Å². The number of rotatable bonds is 3. The molecule has 0 aliphatic heterocycles. The zero-order valence-corrected chi connectivity index (χ0v) is 13.7. The molecule has 2 N–H and O–H groups in total. The average Bonchev–Trinajstić information content (AvgIpc) is 2.85. The highest BCUT2D eigenvalue weighted by atomic mass is 79.9. The van der Waals surface area contributed by atoms with Gasteiger partial charge in [0.05, 0.1) is 17.1 Å². The Kier molecular flexibility index (Phi) is 3.83. The van der Waals surface area contributed by atoms with Gasteiger partial charge in [-0.15, -0.1) is 0 Å². The van der Waals surface area contributed by atoms with E-state index in [4.69, 9.17) is 10.7 Å². The van der Waals surface area contributed by atoms with Gasteiger partial charge < -0.3 is 10.3 Å². The molecule has 108 valence electrons. The molecule has 3 rings (SSSR count). The Morgan fingerprint density at radius 1 is 1.10 bits per heavy atom. The van der Waals surface area contributed by atoms with Crippen LogP contribution < -0.4 is 5.73 Å². The van der Waals surface area contributed by atoms with Gasteiger partial charge in [0.25, 0.3) is 0 Å². The van der Waals surface area contributed by atoms with Gasteiger partial charge in [0.1, 0.15) is 5.82 Å². The summed E-state index contributed by atoms with van der Waals surface area (Å²) in [6.07, 6.45) is 0. The number of fused-ring (bicyclic) bond motifs is 1. The number of aromatic nitrogens is 2. The largest absolute Gasteiger partial charge is 0.324 e. The van der Waals surface area contributed by atoms with E-state index in [1.165, 1.54) is 0 Å². The van der Waals surface area contributed by atoms with Crippen molar-refractivity contribution in [1.29, 1.82) is 0 Å². The molecule has 4 heteroatoms. The summed E-state index contributed by atoms with van der Waals surface area (Å²) in [5, 5.41) is 0. The lowest BCUT2D eigenvalue weighted by Crippen LogP contribution is -2.19. The molecule has 0 radical (unpaired) electrons. The molecule has 0 saturated carbocycles. The van der Waals surface area contributed by atoms with Crippen LogP contribution in [-0.4, -0.2) is 9.55 Å². The minimum atomic E-state index is -0.222. The molecular formula is C17H18BrN3. The first-order chi connectivity index (χ1) is 10.1. The highest BCUT2D eigenvalue weighted by molar-refractivity contribution is 9.10. The van der Waals surface area contributed by atoms with Gasteiger partial charge in [0.2, 0.25) is 0 Å². The molecule has 0 spiro atoms. The maximum atomic E-state index is 6.46. The number of nitrogens with zero attached hydrogens (tertiary/aromatic N) is 2. The van der Waals surface area contributed by atoms with Crippen LogP contribution in [0.2, 0.25) is 0 Å². The van der Waals surface area contributed by atoms with Crippen molar-refractivity contribution in [3.8, 4) is 0 Å². The summed E-state index contributed by atoms with van der Waals surface area (Å²) in [5.74, 6) is 0.907. The average molecular weight is 344 g/mol. The first-order valence-electron chi connectivity index (χ1n) is 7.06. The van der Waals surface area contributed by atoms with Crippen molar-refractivity contribution >= 4 is 27.0 Å². The summed E-state index contributed by atoms with van der Waals surface area (Å²) in [5.41, 5.74) is 9.63. The number of nitrogens with two attached hydrogens (primary N) is 1. The summed E-state index contributed by atoms with van der Waals surface area (Å²) >= 11 is 3.50. The lowest BCUT2D eigenvalue weighted by Gasteiger charge is -2.18. The molecule has 3 nitrogen and oxygen atoms in total. The van der Waals surface area contributed by atoms with Crippen LogP contribution in [0, 0.1) is 0 Å². The Balaban J connectivity index is 2.19. The summed E-state index contributed by atoms with van der Waals surface area (Å²) in [6, 6.07) is 16.4. The third-order valence-electron chi connectivity index (χ3n) is 3.63. The van der Waals surface area contributed by atoms with Crippen LogP contribution in [0.15, 0.2) is 53.0 Å². The number of halogens is 1. The van der Waals surface area contributed by atoms with Crippen LogP contribution in [0.3, 0.4) is 0 Å². The van der Waals surface area contributed by atoms with E-state index in [0.29, 0.717) is 6.04 Å². The number of hydrogen-bond donors (Lipinski definition) is 1. The number of hydrogen-bond acceptors (Lipinski definition) is 2. The lowest BCUT2D eigenvalue weighted by molar-refractivity contribution is 0.567. The summed E-state index contributed by atoms with van der Waals surface area (Å²) in [7, 11) is 0. The fourth-order valence-electron chi connectivity index (χ4n) is 2.66. The molecule has 1 heterocycles. The lowest BCUT2D eigenvalue weighted by atomic mass is 10.1. The summed E-state index contributed by atoms with van der Waals surface area (Å²) in [6.45, 7) is 4.31. The number of imidazole rings is 1. The van der Waals surface area contributed by atoms with Gasteiger partial charge in [-0.05, 0) is 37.6 Å². The van der Waals surface area contributed by atoms with Crippen molar-refractivity contribution in [1.82, 2.24) is 9.55 Å². The zero-order chi connectivity index (χ0) is 15.0. The highest BCUT2D eigenvalue weighted by Gasteiger charge is 2.20. The van der Waals surface area contributed by atoms with E-state index in [1.807, 2.05) is 42.5 Å². The van der Waals surface area contributed by atoms with Gasteiger partial charge in [0, 0.05) is 10.5 Å². The SMILES string of the molecule is CC(C)n1c(C(N)c2ccccc2)nc2cc(Br)ccc21. The molecule has 2 aromatic carbocycles. The van der Waals surface area contributed by atoms with Crippen molar-refractivity contribution in [2.75, 3.05) is 0 Å². The quantitative estimate of drug-likeness (QED) is 0.764. The Bertz CT molecular complexity index is 762. The van der Waals surface area contributed by atoms with E-state index in [9.17, 15) is 0 Å². The molecule has 21 heavy (non-hydrogen) atoms. The standard InChI is InChI=1S/C17H18BrN3/c1-11(2)21-15-9-8-13(18)10-14(15)20-17(21)16(19)12-6-4-3-5-7-12/h3-11,16H,19H2,1-2H3. The van der Waals surface area contributed by atoms with Crippen LogP contribution >= 0.6 is 15.9 Å². The molecule has 0 bridgehead atoms. The Labute approximate surface area is 132 Å². The molecular weight excluding hydrogens is 326 g/mol. The maximum absolute atomic E-state index is 6.46. The van der Waals surface area contributed by atoms with Crippen molar-refractivity contribution in [2.24, 2.45) is 5.73 Å². The molecule has 1 aromatic heterocycles. The monoisotopic (exact) mass is 343 g/mol. The van der Waals surface area contributed by atoms with Crippen LogP contribution in [0.25, 0.3) is 11.0 Å². The van der Waals surface area contributed by atoms with E-state index in [1.54, 1.807) is 0 Å². The predicted octanol–water partition coefficient (Wildman–Crippen LogP) is 4.43. The summed E-state index contributed by atoms with van der Waals surface area (Å²) in [4.78, 5) is 4.78. The van der Waals surface area contributed by atoms with E-state index >= 15 is 0 Å². The fraction of sp³-hybridized carbons (Fsp3) is 0.235. The molecule has 0 saturated heterocycles. The van der Waals surface area contributed by atoms with E-state index in [-0.39, 0.29) is 6.04 Å². The topological polar surface area (TPSA) is 43.8 Å². The molecule has 1 atom stereocenters. The van der Waals surface area contributed by atoms with Gasteiger partial charge in [-0.3, -0.25) is 0 Å². The molecule has 0 aliphatic rings. The van der Waals surface area contributed by atoms with Crippen molar-refractivity contribution in [3.05, 3.63) is 64.4 Å². The number of benzene rings is 2. The minimum absolute atomic E-state index is 0.222. The molecule has 1 unspecified atom stereocenters. The Morgan fingerprint density at radius 2 is 1.81 bits per heavy atom. The third kappa shape index (κ3) is 2.61. The van der Waals surface area contributed by atoms with E-state index in [2.05, 4.69) is 40.4 Å². The second kappa shape index (κ2) is 5.62. The van der Waals surface area contributed by atoms with Crippen molar-refractivity contribution in [3.63, 3.8) is 0 Å². The van der Waals surface area contributed by atoms with Crippen LogP contribution in [0.4, 0.5) is 0 Å². The smallest absolute Gasteiger partial charge is 0.131 e. The van der Waals surface area contributed by atoms with E-state index < -0.39 is 0 Å². The Hall–Kier alpha value is -1.65. The highest BCUT2D eigenvalue weighted by Crippen LogP contribution is 2.28. The first kappa shape index (κ1) is 14.3. The van der Waals surface area contributed by atoms with Crippen LogP contribution in [0.1, 0.15) is 37.3 Å². The third-order valence-corrected chi connectivity index (χ3v) is 4.13. The minimum Gasteiger partial charge on any atom is -0.324 e. The predicted molar refractivity (Wildman–Crippen MR) is 90.3 cm³/mol. The van der Waals surface area contributed by atoms with Crippen molar-refractivity contribution < 1.29 is 0 Å². The zero-order valence-electron chi connectivity index (χ0n) is 12.1. The van der Waals surface area contributed by atoms with Gasteiger partial charge in [-0.25, -0.2) is 4.98 Å². The van der Waals surface area contributed by atoms with Crippen molar-refractivity contribution in [2.45, 2.75) is 25.9 Å². The van der Waals surface area contributed by atoms with Crippen LogP contribution in [-0.2, 0) is 0 Å². The maximum Gasteiger partial charge on any atom is 0.131 e. The molecule has 3 aromatic rings. The molecule has 0 aliphatic carbocycles. The van der Waals surface area contributed by atoms with Gasteiger partial charge in [-0.2, -0.15) is 0 Å². The van der Waals surface area contributed by atoms with Gasteiger partial charge in [0.15, 0.2) is 0 Å². The molecule has 0 amide bonds. The normalized spacial score (nSPS) is 13.0. The molecule has 0 fully saturated rings. The van der Waals surface area contributed by atoms with Gasteiger partial charge >= 0.3 is 0 Å². The second-order valence-corrected chi connectivity index (χ2v) is 6.37. The van der Waals surface area contributed by atoms with Crippen LogP contribution in [0.5, 0.6) is 0 Å². The second-order valence-electron chi connectivity index (χ2n) is 5.46.